The molecule has 0 unspecified atom stereocenters. The quantitative estimate of drug-likeness (QED) is 0.00747. The van der Waals surface area contributed by atoms with E-state index in [9.17, 15) is 64.6 Å². The fourth-order valence-electron chi connectivity index (χ4n) is 15.2. The number of para-hydroxylation sites is 4. The van der Waals surface area contributed by atoms with Crippen LogP contribution in [0, 0.1) is 5.41 Å². The van der Waals surface area contributed by atoms with Crippen LogP contribution in [0.1, 0.15) is 166 Å². The van der Waals surface area contributed by atoms with Crippen LogP contribution in [0.5, 0.6) is 5.75 Å². The predicted molar refractivity (Wildman–Crippen MR) is 417 cm³/mol. The highest BCUT2D eigenvalue weighted by Crippen LogP contribution is 2.49. The highest BCUT2D eigenvalue weighted by Gasteiger charge is 2.45. The number of nitrogens with zero attached hydrogens (tertiary/aromatic N) is 4. The predicted octanol–water partition coefficient (Wildman–Crippen LogP) is 11.5. The van der Waals surface area contributed by atoms with Crippen molar-refractivity contribution in [2.75, 3.05) is 52.4 Å². The van der Waals surface area contributed by atoms with Gasteiger partial charge in [-0.05, 0) is 141 Å². The van der Waals surface area contributed by atoms with Gasteiger partial charge in [0, 0.05) is 97.0 Å². The van der Waals surface area contributed by atoms with Crippen LogP contribution in [0.4, 0.5) is 27.5 Å². The van der Waals surface area contributed by atoms with Crippen LogP contribution in [-0.2, 0) is 84.0 Å². The third kappa shape index (κ3) is 21.4. The number of carboxylic acid groups (broad SMARTS) is 1. The number of hydrogen-bond donors (Lipinski definition) is 6. The largest absolute Gasteiger partial charge is 0.748 e. The van der Waals surface area contributed by atoms with Crippen LogP contribution in [0.15, 0.2) is 168 Å². The first kappa shape index (κ1) is 81.8. The molecule has 1 saturated carbocycles. The minimum atomic E-state index is -4.39. The number of hydrogen-bond acceptors (Lipinski definition) is 16. The van der Waals surface area contributed by atoms with Crippen LogP contribution in [0.25, 0.3) is 0 Å². The fraction of sp³-hybridized carbons (Fsp3) is 0.446. The maximum absolute atomic E-state index is 14.4. The SMILES string of the molecule is CC(C)(C)C(=O)CN1C(=O)[C@H](NC(=O)NCc2ccc(CC(=O)N[C@H](CCC(=O)N[C@@H](Cc3ccc(OC4=C(/C=C/C5=[N+](CCCCS(=O)(=O)O)c6ccccc6C5(C)C)CCC/C4=C\C=C4\N(CCCCS(=O)(=O)[O-])c5ccccc5C4(C)C)cc3)C(=O)O)OC=O)cc2)CN(C2CCCCC2)c2ccccc21. The number of carbonyl (C=O) groups is 7. The molecule has 3 atom stereocenters. The number of anilines is 3. The molecule has 0 saturated heterocycles. The summed E-state index contributed by atoms with van der Waals surface area (Å²) < 4.78 is 82.0. The van der Waals surface area contributed by atoms with E-state index in [0.29, 0.717) is 72.7 Å². The van der Waals surface area contributed by atoms with Gasteiger partial charge in [-0.2, -0.15) is 13.0 Å². The third-order valence-corrected chi connectivity index (χ3v) is 22.7. The monoisotopic (exact) mass is 1530 g/mol. The number of allylic oxidation sites excluding steroid dienone is 7. The number of carbonyl (C=O) groups excluding carboxylic acids is 6. The molecule has 0 radical (unpaired) electrons. The van der Waals surface area contributed by atoms with Crippen molar-refractivity contribution < 1.29 is 78.7 Å². The van der Waals surface area contributed by atoms with E-state index in [2.05, 4.69) is 99.8 Å². The van der Waals surface area contributed by atoms with Crippen molar-refractivity contribution in [1.82, 2.24) is 21.3 Å². The lowest BCUT2D eigenvalue weighted by Gasteiger charge is -2.37. The summed E-state index contributed by atoms with van der Waals surface area (Å²) in [6, 6.07) is 34.7. The summed E-state index contributed by atoms with van der Waals surface area (Å²) >= 11 is 0. The van der Waals surface area contributed by atoms with E-state index >= 15 is 0 Å². The lowest BCUT2D eigenvalue weighted by Crippen LogP contribution is -2.56. The van der Waals surface area contributed by atoms with Gasteiger partial charge < -0.3 is 55.1 Å². The number of fused-ring (bicyclic) bond motifs is 3. The molecule has 6 N–H and O–H groups in total. The Morgan fingerprint density at radius 2 is 1.37 bits per heavy atom. The topological polar surface area (TPSA) is 331 Å². The average molecular weight is 1530 g/mol. The Morgan fingerprint density at radius 3 is 2.05 bits per heavy atom. The molecule has 5 aromatic carbocycles. The van der Waals surface area contributed by atoms with Crippen LogP contribution in [-0.4, -0.2) is 145 Å². The van der Waals surface area contributed by atoms with Crippen LogP contribution in [0.3, 0.4) is 0 Å². The summed E-state index contributed by atoms with van der Waals surface area (Å²) in [5.74, 6) is -2.77. The second-order valence-electron chi connectivity index (χ2n) is 30.9. The van der Waals surface area contributed by atoms with Gasteiger partial charge in [0.2, 0.25) is 17.5 Å². The molecular formula is C83H102N8O16S2. The molecule has 1 fully saturated rings. The number of benzene rings is 5. The van der Waals surface area contributed by atoms with E-state index in [1.807, 2.05) is 81.4 Å². The number of carboxylic acids is 1. The number of aliphatic carboxylic acids is 1. The Bertz CT molecular complexity index is 4590. The standard InChI is InChI=1S/C83H102N8O16S2/c1-81(2,3)73(93)54-91-70-31-16-15-30-69(70)90(61-24-9-8-10-25-61)53-66(78(91)96)86-80(99)84-52-58-34-32-57(33-35-58)51-75(95)87-76(106-55-92)45-44-74(94)85-65(79(97)98)50-56-36-40-62(41-37-56)107-77-59(38-42-71-82(4,5)63-26-11-13-28-67(63)88(71)46-17-19-48-108(100,101)102)22-21-23-60(77)39-43-72-83(6,7)64-27-12-14-29-68(64)89(72)47-18-20-49-109(103,104)105/h11-16,26-43,55,61,65-66,76H,8-10,17-25,44-54H2,1-7H3,(H6-,84,85,86,87,94,95,97,98,99,100,101,102,103,104,105)/t65-,66+,76-/m0/s1. The maximum Gasteiger partial charge on any atom is 0.326 e. The van der Waals surface area contributed by atoms with Gasteiger partial charge in [-0.15, -0.1) is 0 Å². The second-order valence-corrected chi connectivity index (χ2v) is 34.0. The number of amides is 5. The van der Waals surface area contributed by atoms with Gasteiger partial charge in [-0.25, -0.2) is 18.0 Å². The molecule has 2 aliphatic carbocycles. The second kappa shape index (κ2) is 35.7. The molecule has 5 aromatic rings. The summed E-state index contributed by atoms with van der Waals surface area (Å²) in [7, 11) is -8.54. The van der Waals surface area contributed by atoms with E-state index < -0.39 is 84.4 Å². The van der Waals surface area contributed by atoms with Gasteiger partial charge in [0.1, 0.15) is 30.1 Å². The van der Waals surface area contributed by atoms with Gasteiger partial charge in [0.15, 0.2) is 17.7 Å². The molecule has 26 heteroatoms. The zero-order valence-electron chi connectivity index (χ0n) is 63.2. The number of unbranched alkanes of at least 4 members (excludes halogenated alkanes) is 2. The van der Waals surface area contributed by atoms with Crippen molar-refractivity contribution in [2.45, 2.75) is 193 Å². The Kier molecular flexibility index (Phi) is 26.8. The minimum absolute atomic E-state index is 0.0797. The molecule has 3 heterocycles. The lowest BCUT2D eigenvalue weighted by molar-refractivity contribution is -0.438. The Labute approximate surface area is 639 Å². The molecule has 10 rings (SSSR count). The summed E-state index contributed by atoms with van der Waals surface area (Å²) in [6.45, 7) is 15.3. The number of Topliss-reactive ketones (excluding diaryl/α,β-unsaturated/α-hetero) is 1. The van der Waals surface area contributed by atoms with Gasteiger partial charge in [-0.3, -0.25) is 28.5 Å². The number of ketones is 1. The van der Waals surface area contributed by atoms with E-state index in [-0.39, 0.29) is 88.1 Å². The summed E-state index contributed by atoms with van der Waals surface area (Å²) in [4.78, 5) is 98.8. The molecule has 582 valence electrons. The van der Waals surface area contributed by atoms with Crippen LogP contribution >= 0.6 is 0 Å². The Hall–Kier alpha value is -9.76. The minimum Gasteiger partial charge on any atom is -0.748 e. The molecular weight excluding hydrogens is 1430 g/mol. The normalized spacial score (nSPS) is 18.6. The maximum atomic E-state index is 14.4. The first-order valence-corrected chi connectivity index (χ1v) is 40.8. The average Bonchev–Trinajstić information content (AvgIpc) is 1.60. The van der Waals surface area contributed by atoms with Crippen molar-refractivity contribution in [3.63, 3.8) is 0 Å². The van der Waals surface area contributed by atoms with E-state index in [1.54, 1.807) is 48.5 Å². The molecule has 5 aliphatic rings. The first-order chi connectivity index (χ1) is 51.8. The van der Waals surface area contributed by atoms with E-state index in [1.165, 1.54) is 4.90 Å². The van der Waals surface area contributed by atoms with E-state index in [4.69, 9.17) is 9.47 Å². The van der Waals surface area contributed by atoms with Crippen LogP contribution < -0.4 is 40.7 Å². The molecule has 0 aromatic heterocycles. The van der Waals surface area contributed by atoms with Crippen LogP contribution in [0.2, 0.25) is 0 Å². The van der Waals surface area contributed by atoms with Crippen molar-refractivity contribution in [2.24, 2.45) is 5.41 Å². The van der Waals surface area contributed by atoms with Crippen molar-refractivity contribution in [3.05, 3.63) is 196 Å². The fourth-order valence-corrected chi connectivity index (χ4v) is 16.3. The smallest absolute Gasteiger partial charge is 0.326 e. The summed E-state index contributed by atoms with van der Waals surface area (Å²) in [6.07, 6.45) is 14.9. The molecule has 0 bridgehead atoms. The molecule has 3 aliphatic heterocycles. The van der Waals surface area contributed by atoms with E-state index in [0.717, 1.165) is 89.3 Å². The van der Waals surface area contributed by atoms with Crippen molar-refractivity contribution in [3.8, 4) is 5.75 Å². The van der Waals surface area contributed by atoms with Gasteiger partial charge >= 0.3 is 12.0 Å². The highest BCUT2D eigenvalue weighted by molar-refractivity contribution is 7.85. The molecule has 109 heavy (non-hydrogen) atoms. The Balaban J connectivity index is 0.779. The molecule has 24 nitrogen and oxygen atoms in total. The number of rotatable bonds is 33. The summed E-state index contributed by atoms with van der Waals surface area (Å²) in [5, 5.41) is 21.4. The van der Waals surface area contributed by atoms with Gasteiger partial charge in [0.25, 0.3) is 22.5 Å². The number of urea groups is 1. The summed E-state index contributed by atoms with van der Waals surface area (Å²) in [5.41, 5.74) is 9.59. The van der Waals surface area contributed by atoms with Gasteiger partial charge in [-0.1, -0.05) is 145 Å². The first-order valence-electron chi connectivity index (χ1n) is 37.6. The third-order valence-electron chi connectivity index (χ3n) is 21.1. The van der Waals surface area contributed by atoms with Gasteiger partial charge in [0.05, 0.1) is 45.6 Å². The Morgan fingerprint density at radius 1 is 0.716 bits per heavy atom. The molecule has 0 spiro atoms. The molecule has 5 amide bonds. The highest BCUT2D eigenvalue weighted by atomic mass is 32.2. The number of nitrogens with one attached hydrogen (secondary N) is 4. The lowest BCUT2D eigenvalue weighted by atomic mass is 9.81. The number of ether oxygens (including phenoxy) is 2. The van der Waals surface area contributed by atoms with Crippen molar-refractivity contribution in [1.29, 1.82) is 0 Å². The zero-order valence-corrected chi connectivity index (χ0v) is 64.9. The van der Waals surface area contributed by atoms with Crippen molar-refractivity contribution >= 4 is 90.7 Å². The zero-order chi connectivity index (χ0) is 78.4.